The molecule has 0 radical (unpaired) electrons. The van der Waals surface area contributed by atoms with Crippen molar-refractivity contribution in [1.82, 2.24) is 4.90 Å². The van der Waals surface area contributed by atoms with Gasteiger partial charge in [-0.3, -0.25) is 9.00 Å². The smallest absolute Gasteiger partial charge is 0.289 e. The number of furan rings is 1. The fourth-order valence-corrected chi connectivity index (χ4v) is 5.10. The van der Waals surface area contributed by atoms with Crippen molar-refractivity contribution in [3.8, 4) is 0 Å². The lowest BCUT2D eigenvalue weighted by Gasteiger charge is -2.31. The van der Waals surface area contributed by atoms with Gasteiger partial charge in [-0.2, -0.15) is 0 Å². The van der Waals surface area contributed by atoms with Crippen LogP contribution < -0.4 is 0 Å². The molecule has 0 N–H and O–H groups in total. The van der Waals surface area contributed by atoms with E-state index in [1.165, 1.54) is 5.56 Å². The zero-order chi connectivity index (χ0) is 20.9. The Morgan fingerprint density at radius 3 is 2.40 bits per heavy atom. The molecule has 1 fully saturated rings. The number of hydrogen-bond donors (Lipinski definition) is 0. The Morgan fingerprint density at radius 2 is 1.70 bits per heavy atom. The van der Waals surface area contributed by atoms with Crippen LogP contribution in [0.15, 0.2) is 80.5 Å². The fraction of sp³-hybridized carbons (Fsp3) is 0.292. The van der Waals surface area contributed by atoms with Crippen molar-refractivity contribution in [2.24, 2.45) is 5.92 Å². The lowest BCUT2D eigenvalue weighted by molar-refractivity contribution is 0.0657. The van der Waals surface area contributed by atoms with Gasteiger partial charge in [0.1, 0.15) is 5.76 Å². The van der Waals surface area contributed by atoms with E-state index in [0.29, 0.717) is 17.4 Å². The van der Waals surface area contributed by atoms with Crippen LogP contribution in [0, 0.1) is 5.92 Å². The molecular formula is C24H24BrNO3S. The summed E-state index contributed by atoms with van der Waals surface area (Å²) in [5, 5.41) is 0. The maximum absolute atomic E-state index is 12.8. The summed E-state index contributed by atoms with van der Waals surface area (Å²) in [5.41, 5.74) is 1.36. The number of carbonyl (C=O) groups excluding carboxylic acids is 1. The molecular weight excluding hydrogens is 462 g/mol. The van der Waals surface area contributed by atoms with Crippen LogP contribution in [-0.2, 0) is 23.0 Å². The van der Waals surface area contributed by atoms with Gasteiger partial charge in [0.15, 0.2) is 5.76 Å². The topological polar surface area (TPSA) is 50.5 Å². The lowest BCUT2D eigenvalue weighted by atomic mass is 9.90. The number of likely N-dealkylation sites (tertiary alicyclic amines) is 1. The summed E-state index contributed by atoms with van der Waals surface area (Å²) in [7, 11) is -1.21. The van der Waals surface area contributed by atoms with Crippen LogP contribution in [0.1, 0.15) is 34.7 Å². The number of hydrogen-bond acceptors (Lipinski definition) is 3. The van der Waals surface area contributed by atoms with E-state index >= 15 is 0 Å². The predicted molar refractivity (Wildman–Crippen MR) is 122 cm³/mol. The minimum Gasteiger partial charge on any atom is -0.455 e. The number of piperidine rings is 1. The van der Waals surface area contributed by atoms with Crippen LogP contribution in [0.4, 0.5) is 0 Å². The third kappa shape index (κ3) is 5.29. The average Bonchev–Trinajstić information content (AvgIpc) is 3.23. The molecule has 30 heavy (non-hydrogen) atoms. The molecule has 1 atom stereocenters. The lowest BCUT2D eigenvalue weighted by Crippen LogP contribution is -2.38. The summed E-state index contributed by atoms with van der Waals surface area (Å²) in [4.78, 5) is 15.4. The average molecular weight is 486 g/mol. The van der Waals surface area contributed by atoms with E-state index in [1.54, 1.807) is 12.1 Å². The summed E-state index contributed by atoms with van der Waals surface area (Å²) in [6.07, 6.45) is 3.07. The molecule has 4 rings (SSSR count). The van der Waals surface area contributed by atoms with Gasteiger partial charge in [0.05, 0.1) is 16.6 Å². The van der Waals surface area contributed by atoms with E-state index < -0.39 is 10.8 Å². The molecule has 1 saturated heterocycles. The van der Waals surface area contributed by atoms with Crippen molar-refractivity contribution in [2.45, 2.75) is 29.9 Å². The van der Waals surface area contributed by atoms with Crippen molar-refractivity contribution >= 4 is 32.6 Å². The van der Waals surface area contributed by atoms with Gasteiger partial charge in [-0.05, 0) is 67.1 Å². The monoisotopic (exact) mass is 485 g/mol. The number of nitrogens with zero attached hydrogens (tertiary/aromatic N) is 1. The third-order valence-corrected chi connectivity index (χ3v) is 7.36. The summed E-state index contributed by atoms with van der Waals surface area (Å²) in [6.45, 7) is 1.49. The first kappa shape index (κ1) is 21.1. The van der Waals surface area contributed by atoms with Crippen LogP contribution in [0.3, 0.4) is 0 Å². The predicted octanol–water partition coefficient (Wildman–Crippen LogP) is 5.44. The largest absolute Gasteiger partial charge is 0.455 e. The highest BCUT2D eigenvalue weighted by molar-refractivity contribution is 9.10. The van der Waals surface area contributed by atoms with Crippen LogP contribution >= 0.6 is 15.9 Å². The molecule has 4 nitrogen and oxygen atoms in total. The highest BCUT2D eigenvalue weighted by Gasteiger charge is 2.25. The van der Waals surface area contributed by atoms with Gasteiger partial charge < -0.3 is 9.32 Å². The van der Waals surface area contributed by atoms with E-state index in [1.807, 2.05) is 35.2 Å². The fourth-order valence-electron chi connectivity index (χ4n) is 3.81. The van der Waals surface area contributed by atoms with Crippen molar-refractivity contribution in [2.75, 3.05) is 13.1 Å². The normalized spacial score (nSPS) is 15.8. The van der Waals surface area contributed by atoms with E-state index in [0.717, 1.165) is 41.7 Å². The molecule has 2 aromatic carbocycles. The molecule has 6 heteroatoms. The standard InChI is InChI=1S/C24H24BrNO3S/c25-20-6-9-22(10-7-20)30(28)17-21-8-11-23(29-21)24(27)26-14-12-19(13-15-26)16-18-4-2-1-3-5-18/h1-11,19H,12-17H2. The molecule has 1 unspecified atom stereocenters. The number of amides is 1. The van der Waals surface area contributed by atoms with Crippen LogP contribution in [-0.4, -0.2) is 28.1 Å². The molecule has 3 aromatic rings. The SMILES string of the molecule is O=C(c1ccc(CS(=O)c2ccc(Br)cc2)o1)N1CCC(Cc2ccccc2)CC1. The molecule has 156 valence electrons. The Kier molecular flexibility index (Phi) is 6.85. The van der Waals surface area contributed by atoms with Gasteiger partial charge in [0, 0.05) is 22.5 Å². The van der Waals surface area contributed by atoms with Crippen LogP contribution in [0.5, 0.6) is 0 Å². The van der Waals surface area contributed by atoms with E-state index in [2.05, 4.69) is 40.2 Å². The molecule has 0 bridgehead atoms. The minimum atomic E-state index is -1.21. The van der Waals surface area contributed by atoms with Crippen LogP contribution in [0.2, 0.25) is 0 Å². The van der Waals surface area contributed by atoms with Gasteiger partial charge in [-0.1, -0.05) is 46.3 Å². The van der Waals surface area contributed by atoms with Gasteiger partial charge in [-0.25, -0.2) is 0 Å². The minimum absolute atomic E-state index is 0.0752. The van der Waals surface area contributed by atoms with E-state index in [9.17, 15) is 9.00 Å². The Hall–Kier alpha value is -2.18. The summed E-state index contributed by atoms with van der Waals surface area (Å²) in [6, 6.07) is 21.4. The second-order valence-electron chi connectivity index (χ2n) is 7.64. The van der Waals surface area contributed by atoms with Gasteiger partial charge in [0.2, 0.25) is 0 Å². The summed E-state index contributed by atoms with van der Waals surface area (Å²) >= 11 is 3.38. The zero-order valence-corrected chi connectivity index (χ0v) is 19.0. The molecule has 1 aliphatic heterocycles. The molecule has 1 amide bonds. The molecule has 1 aliphatic rings. The van der Waals surface area contributed by atoms with E-state index in [4.69, 9.17) is 4.42 Å². The molecule has 0 saturated carbocycles. The number of halogens is 1. The van der Waals surface area contributed by atoms with Crippen molar-refractivity contribution in [1.29, 1.82) is 0 Å². The maximum Gasteiger partial charge on any atom is 0.289 e. The second-order valence-corrected chi connectivity index (χ2v) is 10.0. The Morgan fingerprint density at radius 1 is 1.00 bits per heavy atom. The molecule has 0 aliphatic carbocycles. The van der Waals surface area contributed by atoms with Crippen molar-refractivity contribution in [3.05, 3.63) is 88.3 Å². The number of benzene rings is 2. The Balaban J connectivity index is 1.31. The quantitative estimate of drug-likeness (QED) is 0.466. The van der Waals surface area contributed by atoms with E-state index in [-0.39, 0.29) is 11.7 Å². The zero-order valence-electron chi connectivity index (χ0n) is 16.6. The Labute approximate surface area is 187 Å². The Bertz CT molecular complexity index is 1010. The first-order valence-corrected chi connectivity index (χ1v) is 12.3. The van der Waals surface area contributed by atoms with Crippen molar-refractivity contribution < 1.29 is 13.4 Å². The van der Waals surface area contributed by atoms with Gasteiger partial charge in [-0.15, -0.1) is 0 Å². The molecule has 2 heterocycles. The number of rotatable bonds is 6. The highest BCUT2D eigenvalue weighted by Crippen LogP contribution is 2.24. The third-order valence-electron chi connectivity index (χ3n) is 5.49. The van der Waals surface area contributed by atoms with Crippen molar-refractivity contribution in [3.63, 3.8) is 0 Å². The molecule has 1 aromatic heterocycles. The summed E-state index contributed by atoms with van der Waals surface area (Å²) in [5.74, 6) is 1.69. The first-order valence-electron chi connectivity index (χ1n) is 10.1. The van der Waals surface area contributed by atoms with Gasteiger partial charge >= 0.3 is 0 Å². The highest BCUT2D eigenvalue weighted by atomic mass is 79.9. The molecule has 0 spiro atoms. The first-order chi connectivity index (χ1) is 14.6. The number of carbonyl (C=O) groups is 1. The summed E-state index contributed by atoms with van der Waals surface area (Å²) < 4.78 is 19.2. The van der Waals surface area contributed by atoms with Gasteiger partial charge in [0.25, 0.3) is 5.91 Å². The van der Waals surface area contributed by atoms with Crippen LogP contribution in [0.25, 0.3) is 0 Å². The maximum atomic E-state index is 12.8. The second kappa shape index (κ2) is 9.75.